The van der Waals surface area contributed by atoms with Gasteiger partial charge in [-0.1, -0.05) is 24.2 Å². The topological polar surface area (TPSA) is 72.2 Å². The number of amides is 1. The quantitative estimate of drug-likeness (QED) is 0.358. The monoisotopic (exact) mass is 366 g/mol. The van der Waals surface area contributed by atoms with Crippen molar-refractivity contribution in [2.75, 3.05) is 12.5 Å². The Hall–Kier alpha value is -0.210. The van der Waals surface area contributed by atoms with E-state index in [0.29, 0.717) is 18.8 Å². The van der Waals surface area contributed by atoms with Crippen molar-refractivity contribution >= 4 is 34.8 Å². The van der Waals surface area contributed by atoms with Crippen LogP contribution in [0.15, 0.2) is 0 Å². The SMILES string of the molecule is CC1(CCC2CCCC([N+](=O)[O-])CC2)SS(C)(C)(=S)NC1=O. The Bertz CT molecular complexity index is 545. The smallest absolute Gasteiger partial charge is 0.246 e. The van der Waals surface area contributed by atoms with E-state index in [0.717, 1.165) is 32.1 Å². The van der Waals surface area contributed by atoms with Gasteiger partial charge in [-0.15, -0.1) is 0 Å². The summed E-state index contributed by atoms with van der Waals surface area (Å²) in [5.41, 5.74) is 0. The fourth-order valence-electron chi connectivity index (χ4n) is 3.46. The minimum absolute atomic E-state index is 0.0660. The van der Waals surface area contributed by atoms with E-state index >= 15 is 0 Å². The maximum atomic E-state index is 12.3. The van der Waals surface area contributed by atoms with Gasteiger partial charge in [-0.3, -0.25) is 14.9 Å². The van der Waals surface area contributed by atoms with Crippen molar-refractivity contribution in [3.05, 3.63) is 10.1 Å². The summed E-state index contributed by atoms with van der Waals surface area (Å²) in [4.78, 5) is 23.1. The van der Waals surface area contributed by atoms with E-state index in [1.54, 1.807) is 10.8 Å². The van der Waals surface area contributed by atoms with E-state index in [2.05, 4.69) is 4.72 Å². The molecule has 0 aromatic carbocycles. The molecule has 3 unspecified atom stereocenters. The van der Waals surface area contributed by atoms with Crippen molar-refractivity contribution in [1.29, 1.82) is 0 Å². The Labute approximate surface area is 140 Å². The van der Waals surface area contributed by atoms with E-state index in [4.69, 9.17) is 11.2 Å². The molecule has 1 heterocycles. The summed E-state index contributed by atoms with van der Waals surface area (Å²) < 4.78 is 2.60. The molecule has 0 radical (unpaired) electrons. The maximum Gasteiger partial charge on any atom is 0.246 e. The van der Waals surface area contributed by atoms with Crippen LogP contribution in [0.2, 0.25) is 0 Å². The van der Waals surface area contributed by atoms with Gasteiger partial charge >= 0.3 is 0 Å². The lowest BCUT2D eigenvalue weighted by molar-refractivity contribution is -0.524. The van der Waals surface area contributed by atoms with Crippen molar-refractivity contribution in [3.63, 3.8) is 0 Å². The summed E-state index contributed by atoms with van der Waals surface area (Å²) >= 11 is 5.64. The van der Waals surface area contributed by atoms with E-state index in [1.165, 1.54) is 0 Å². The summed E-state index contributed by atoms with van der Waals surface area (Å²) in [5.74, 6) is 0.564. The second-order valence-electron chi connectivity index (χ2n) is 7.32. The highest BCUT2D eigenvalue weighted by atomic mass is 33.4. The first-order chi connectivity index (χ1) is 9.98. The largest absolute Gasteiger partial charge is 0.306 e. The number of hydrogen-bond acceptors (Lipinski definition) is 5. The molecule has 2 aliphatic rings. The van der Waals surface area contributed by atoms with Crippen LogP contribution in [0.25, 0.3) is 0 Å². The van der Waals surface area contributed by atoms with E-state index in [-0.39, 0.29) is 16.9 Å². The highest BCUT2D eigenvalue weighted by molar-refractivity contribution is 8.98. The highest BCUT2D eigenvalue weighted by Crippen LogP contribution is 2.50. The summed E-state index contributed by atoms with van der Waals surface area (Å²) in [5, 5.41) is 10.9. The van der Waals surface area contributed by atoms with E-state index in [9.17, 15) is 14.9 Å². The van der Waals surface area contributed by atoms with Gasteiger partial charge in [0.25, 0.3) is 0 Å². The third-order valence-electron chi connectivity index (χ3n) is 4.67. The van der Waals surface area contributed by atoms with Gasteiger partial charge in [-0.05, 0) is 62.2 Å². The number of carbonyl (C=O) groups is 1. The number of rotatable bonds is 4. The van der Waals surface area contributed by atoms with Crippen LogP contribution in [0.1, 0.15) is 51.9 Å². The molecule has 2 rings (SSSR count). The van der Waals surface area contributed by atoms with Crippen molar-refractivity contribution in [2.45, 2.75) is 62.7 Å². The van der Waals surface area contributed by atoms with Crippen LogP contribution in [0, 0.1) is 16.0 Å². The van der Waals surface area contributed by atoms with Gasteiger partial charge in [0.15, 0.2) is 0 Å². The minimum Gasteiger partial charge on any atom is -0.306 e. The standard InChI is InChI=1S/C14H26N2O3S3/c1-14(13(17)15-22(2,3,20)21-14)10-9-11-5-4-6-12(8-7-11)16(18)19/h11-12H,4-10H2,1-3H3,(H,15,17,20). The van der Waals surface area contributed by atoms with Gasteiger partial charge in [0.05, 0.1) is 0 Å². The van der Waals surface area contributed by atoms with Crippen LogP contribution in [-0.2, 0) is 22.9 Å². The average Bonchev–Trinajstić information content (AvgIpc) is 2.55. The van der Waals surface area contributed by atoms with Crippen molar-refractivity contribution in [2.24, 2.45) is 5.92 Å². The molecule has 0 aromatic heterocycles. The lowest BCUT2D eigenvalue weighted by Gasteiger charge is -2.33. The zero-order valence-corrected chi connectivity index (χ0v) is 16.0. The fourth-order valence-corrected chi connectivity index (χ4v) is 11.3. The first-order valence-electron chi connectivity index (χ1n) is 7.78. The van der Waals surface area contributed by atoms with Gasteiger partial charge in [-0.25, -0.2) is 0 Å². The first kappa shape index (κ1) is 18.1. The van der Waals surface area contributed by atoms with Crippen LogP contribution in [0.4, 0.5) is 0 Å². The van der Waals surface area contributed by atoms with E-state index in [1.807, 2.05) is 19.4 Å². The molecule has 22 heavy (non-hydrogen) atoms. The zero-order valence-electron chi connectivity index (χ0n) is 13.5. The van der Waals surface area contributed by atoms with Crippen LogP contribution < -0.4 is 4.72 Å². The molecule has 8 heteroatoms. The van der Waals surface area contributed by atoms with E-state index < -0.39 is 11.7 Å². The summed E-state index contributed by atoms with van der Waals surface area (Å²) in [7, 11) is 1.63. The van der Waals surface area contributed by atoms with Gasteiger partial charge in [0, 0.05) is 17.8 Å². The summed E-state index contributed by atoms with van der Waals surface area (Å²) in [6.45, 7) is -0.274. The molecule has 1 aliphatic heterocycles. The summed E-state index contributed by atoms with van der Waals surface area (Å²) in [6.07, 6.45) is 9.97. The molecule has 1 saturated heterocycles. The number of nitrogens with one attached hydrogen (secondary N) is 1. The van der Waals surface area contributed by atoms with Crippen molar-refractivity contribution in [1.82, 2.24) is 4.72 Å². The second-order valence-corrected chi connectivity index (χ2v) is 19.2. The van der Waals surface area contributed by atoms with Gasteiger partial charge in [-0.2, -0.15) is 0 Å². The van der Waals surface area contributed by atoms with Crippen molar-refractivity contribution in [3.8, 4) is 0 Å². The molecule has 1 N–H and O–H groups in total. The number of nitro groups is 1. The summed E-state index contributed by atoms with van der Waals surface area (Å²) in [6, 6.07) is -0.370. The average molecular weight is 367 g/mol. The Balaban J connectivity index is 1.92. The van der Waals surface area contributed by atoms with Crippen molar-refractivity contribution < 1.29 is 9.72 Å². The molecule has 0 spiro atoms. The molecule has 128 valence electrons. The molecule has 1 saturated carbocycles. The molecule has 0 bridgehead atoms. The molecular weight excluding hydrogens is 340 g/mol. The minimum atomic E-state index is -2.27. The molecule has 5 nitrogen and oxygen atoms in total. The third-order valence-corrected chi connectivity index (χ3v) is 10.3. The predicted octanol–water partition coefficient (Wildman–Crippen LogP) is 2.86. The third kappa shape index (κ3) is 4.41. The lowest BCUT2D eigenvalue weighted by atomic mass is 9.90. The number of hydrogen-bond donors (Lipinski definition) is 1. The Morgan fingerprint density at radius 3 is 2.64 bits per heavy atom. The zero-order chi connectivity index (χ0) is 16.6. The lowest BCUT2D eigenvalue weighted by Crippen LogP contribution is -2.39. The molecular formula is C14H26N2O3S3. The normalized spacial score (nSPS) is 39.2. The molecule has 3 atom stereocenters. The van der Waals surface area contributed by atoms with Gasteiger partial charge < -0.3 is 4.72 Å². The highest BCUT2D eigenvalue weighted by Gasteiger charge is 2.49. The van der Waals surface area contributed by atoms with Crippen LogP contribution in [-0.4, -0.2) is 34.1 Å². The molecule has 1 amide bonds. The number of nitrogens with zero attached hydrogens (tertiary/aromatic N) is 1. The Morgan fingerprint density at radius 1 is 1.41 bits per heavy atom. The Kier molecular flexibility index (Phi) is 4.96. The maximum absolute atomic E-state index is 12.3. The molecule has 2 fully saturated rings. The molecule has 1 aliphatic carbocycles. The Morgan fingerprint density at radius 2 is 2.09 bits per heavy atom. The number of carbonyl (C=O) groups excluding carboxylic acids is 1. The molecule has 0 aromatic rings. The van der Waals surface area contributed by atoms with Gasteiger partial charge in [0.1, 0.15) is 4.75 Å². The van der Waals surface area contributed by atoms with Crippen LogP contribution in [0.3, 0.4) is 0 Å². The van der Waals surface area contributed by atoms with Crippen LogP contribution in [0.5, 0.6) is 0 Å². The fraction of sp³-hybridized carbons (Fsp3) is 0.929. The van der Waals surface area contributed by atoms with Gasteiger partial charge in [0.2, 0.25) is 11.9 Å². The predicted molar refractivity (Wildman–Crippen MR) is 97.3 cm³/mol. The van der Waals surface area contributed by atoms with Crippen LogP contribution >= 0.6 is 10.8 Å². The first-order valence-corrected chi connectivity index (χ1v) is 12.9. The second kappa shape index (κ2) is 6.02.